The van der Waals surface area contributed by atoms with E-state index in [9.17, 15) is 9.18 Å². The Morgan fingerprint density at radius 3 is 2.38 bits per heavy atom. The van der Waals surface area contributed by atoms with Gasteiger partial charge in [0.1, 0.15) is 5.82 Å². The monoisotopic (exact) mass is 322 g/mol. The van der Waals surface area contributed by atoms with Crippen LogP contribution < -0.4 is 5.32 Å². The molecular weight excluding hydrogens is 303 g/mol. The van der Waals surface area contributed by atoms with Crippen molar-refractivity contribution in [2.45, 2.75) is 12.5 Å². The minimum absolute atomic E-state index is 0.00648. The summed E-state index contributed by atoms with van der Waals surface area (Å²) >= 11 is 0. The van der Waals surface area contributed by atoms with Crippen molar-refractivity contribution in [2.75, 3.05) is 19.6 Å². The Hall–Kier alpha value is -2.46. The summed E-state index contributed by atoms with van der Waals surface area (Å²) in [6, 6.07) is 16.9. The Kier molecular flexibility index (Phi) is 3.90. The third-order valence-corrected chi connectivity index (χ3v) is 4.78. The molecule has 2 aliphatic heterocycles. The first-order chi connectivity index (χ1) is 11.7. The lowest BCUT2D eigenvalue weighted by Crippen LogP contribution is -2.29. The molecule has 2 aliphatic rings. The van der Waals surface area contributed by atoms with Gasteiger partial charge >= 0.3 is 0 Å². The number of rotatable bonds is 3. The summed E-state index contributed by atoms with van der Waals surface area (Å²) in [5, 5.41) is 3.37. The first-order valence-electron chi connectivity index (χ1n) is 8.26. The van der Waals surface area contributed by atoms with Crippen LogP contribution >= 0.6 is 0 Å². The quantitative estimate of drug-likeness (QED) is 0.943. The number of Topliss-reactive ketones (excluding diaryl/α,β-unsaturated/α-hetero) is 1. The van der Waals surface area contributed by atoms with E-state index in [4.69, 9.17) is 0 Å². The van der Waals surface area contributed by atoms with Gasteiger partial charge in [0.25, 0.3) is 0 Å². The standard InChI is InChI=1S/C20H19FN2O/c21-16-8-6-15(7-9-16)20(14-4-2-1-3-5-14)23-12-17-18(13-23)22-11-10-19(17)24/h1-9,20,22H,10-13H2. The maximum Gasteiger partial charge on any atom is 0.163 e. The minimum Gasteiger partial charge on any atom is -0.386 e. The molecule has 1 N–H and O–H groups in total. The SMILES string of the molecule is O=C1CCNC2=C1CN(C(c1ccccc1)c1ccc(F)cc1)C2. The second-order valence-electron chi connectivity index (χ2n) is 6.33. The van der Waals surface area contributed by atoms with Crippen LogP contribution in [0.25, 0.3) is 0 Å². The molecule has 1 unspecified atom stereocenters. The van der Waals surface area contributed by atoms with Crippen molar-refractivity contribution in [2.24, 2.45) is 0 Å². The van der Waals surface area contributed by atoms with E-state index in [1.165, 1.54) is 12.1 Å². The molecule has 0 fully saturated rings. The number of carbonyl (C=O) groups excluding carboxylic acids is 1. The van der Waals surface area contributed by atoms with Gasteiger partial charge in [0.2, 0.25) is 0 Å². The average Bonchev–Trinajstić information content (AvgIpc) is 3.03. The maximum atomic E-state index is 13.3. The number of halogens is 1. The molecular formula is C20H19FN2O. The lowest BCUT2D eigenvalue weighted by atomic mass is 9.97. The van der Waals surface area contributed by atoms with E-state index in [0.29, 0.717) is 13.0 Å². The number of ketones is 1. The van der Waals surface area contributed by atoms with Crippen molar-refractivity contribution in [3.63, 3.8) is 0 Å². The fourth-order valence-corrected chi connectivity index (χ4v) is 3.63. The van der Waals surface area contributed by atoms with Gasteiger partial charge in [0.15, 0.2) is 5.78 Å². The van der Waals surface area contributed by atoms with Crippen LogP contribution in [0.3, 0.4) is 0 Å². The van der Waals surface area contributed by atoms with Gasteiger partial charge in [-0.25, -0.2) is 4.39 Å². The van der Waals surface area contributed by atoms with Crippen molar-refractivity contribution in [3.8, 4) is 0 Å². The van der Waals surface area contributed by atoms with Crippen LogP contribution in [-0.4, -0.2) is 30.3 Å². The zero-order chi connectivity index (χ0) is 16.5. The van der Waals surface area contributed by atoms with Gasteiger partial charge in [-0.3, -0.25) is 9.69 Å². The molecule has 24 heavy (non-hydrogen) atoms. The Morgan fingerprint density at radius 2 is 1.67 bits per heavy atom. The second kappa shape index (κ2) is 6.21. The van der Waals surface area contributed by atoms with Gasteiger partial charge in [-0.05, 0) is 23.3 Å². The number of hydrogen-bond donors (Lipinski definition) is 1. The van der Waals surface area contributed by atoms with Gasteiger partial charge in [-0.1, -0.05) is 42.5 Å². The first kappa shape index (κ1) is 15.1. The van der Waals surface area contributed by atoms with Crippen molar-refractivity contribution >= 4 is 5.78 Å². The topological polar surface area (TPSA) is 32.3 Å². The van der Waals surface area contributed by atoms with Crippen LogP contribution in [0.2, 0.25) is 0 Å². The smallest absolute Gasteiger partial charge is 0.163 e. The van der Waals surface area contributed by atoms with Crippen molar-refractivity contribution < 1.29 is 9.18 Å². The highest BCUT2D eigenvalue weighted by atomic mass is 19.1. The number of benzene rings is 2. The highest BCUT2D eigenvalue weighted by Gasteiger charge is 2.34. The largest absolute Gasteiger partial charge is 0.386 e. The molecule has 122 valence electrons. The zero-order valence-electron chi connectivity index (χ0n) is 13.3. The van der Waals surface area contributed by atoms with Crippen LogP contribution in [0, 0.1) is 5.82 Å². The van der Waals surface area contributed by atoms with Crippen LogP contribution in [0.15, 0.2) is 65.9 Å². The normalized spacial score (nSPS) is 19.1. The molecule has 0 aromatic heterocycles. The summed E-state index contributed by atoms with van der Waals surface area (Å²) in [5.41, 5.74) is 4.14. The van der Waals surface area contributed by atoms with Crippen molar-refractivity contribution in [1.82, 2.24) is 10.2 Å². The van der Waals surface area contributed by atoms with Crippen molar-refractivity contribution in [3.05, 3.63) is 82.8 Å². The second-order valence-corrected chi connectivity index (χ2v) is 6.33. The number of carbonyl (C=O) groups is 1. The Balaban J connectivity index is 1.69. The van der Waals surface area contributed by atoms with E-state index in [0.717, 1.165) is 35.5 Å². The van der Waals surface area contributed by atoms with E-state index in [2.05, 4.69) is 22.3 Å². The maximum absolute atomic E-state index is 13.3. The van der Waals surface area contributed by atoms with Crippen LogP contribution in [0.4, 0.5) is 4.39 Å². The van der Waals surface area contributed by atoms with E-state index < -0.39 is 0 Å². The van der Waals surface area contributed by atoms with E-state index in [1.54, 1.807) is 0 Å². The number of nitrogens with one attached hydrogen (secondary N) is 1. The fraction of sp³-hybridized carbons (Fsp3) is 0.250. The van der Waals surface area contributed by atoms with Gasteiger partial charge in [-0.15, -0.1) is 0 Å². The highest BCUT2D eigenvalue weighted by Crippen LogP contribution is 2.34. The molecule has 2 aromatic rings. The molecule has 0 saturated carbocycles. The molecule has 0 spiro atoms. The fourth-order valence-electron chi connectivity index (χ4n) is 3.63. The Bertz CT molecular complexity index is 783. The van der Waals surface area contributed by atoms with Gasteiger partial charge in [0.05, 0.1) is 6.04 Å². The molecule has 0 aliphatic carbocycles. The number of hydrogen-bond acceptors (Lipinski definition) is 3. The summed E-state index contributed by atoms with van der Waals surface area (Å²) in [6.07, 6.45) is 0.569. The third kappa shape index (κ3) is 2.74. The molecule has 2 aromatic carbocycles. The predicted molar refractivity (Wildman–Crippen MR) is 90.9 cm³/mol. The highest BCUT2D eigenvalue weighted by molar-refractivity contribution is 5.98. The molecule has 0 bridgehead atoms. The molecule has 4 rings (SSSR count). The average molecular weight is 322 g/mol. The summed E-state index contributed by atoms with van der Waals surface area (Å²) in [6.45, 7) is 2.08. The summed E-state index contributed by atoms with van der Waals surface area (Å²) < 4.78 is 13.3. The van der Waals surface area contributed by atoms with Crippen LogP contribution in [0.1, 0.15) is 23.6 Å². The number of nitrogens with zero attached hydrogens (tertiary/aromatic N) is 1. The first-order valence-corrected chi connectivity index (χ1v) is 8.26. The van der Waals surface area contributed by atoms with Crippen LogP contribution in [-0.2, 0) is 4.79 Å². The molecule has 4 heteroatoms. The molecule has 1 atom stereocenters. The lowest BCUT2D eigenvalue weighted by molar-refractivity contribution is -0.115. The van der Waals surface area contributed by atoms with Gasteiger partial charge in [0, 0.05) is 37.3 Å². The zero-order valence-corrected chi connectivity index (χ0v) is 13.3. The van der Waals surface area contributed by atoms with Gasteiger partial charge < -0.3 is 5.32 Å². The van der Waals surface area contributed by atoms with E-state index >= 15 is 0 Å². The van der Waals surface area contributed by atoms with Gasteiger partial charge in [-0.2, -0.15) is 0 Å². The Morgan fingerprint density at radius 1 is 0.958 bits per heavy atom. The molecule has 0 radical (unpaired) electrons. The molecule has 3 nitrogen and oxygen atoms in total. The Labute approximate surface area is 140 Å². The minimum atomic E-state index is -0.235. The van der Waals surface area contributed by atoms with E-state index in [-0.39, 0.29) is 17.6 Å². The molecule has 0 saturated heterocycles. The van der Waals surface area contributed by atoms with E-state index in [1.807, 2.05) is 30.3 Å². The molecule has 0 amide bonds. The summed E-state index contributed by atoms with van der Waals surface area (Å²) in [5.74, 6) is 0.0124. The summed E-state index contributed by atoms with van der Waals surface area (Å²) in [4.78, 5) is 14.5. The van der Waals surface area contributed by atoms with Crippen LogP contribution in [0.5, 0.6) is 0 Å². The summed E-state index contributed by atoms with van der Waals surface area (Å²) in [7, 11) is 0. The van der Waals surface area contributed by atoms with Crippen molar-refractivity contribution in [1.29, 1.82) is 0 Å². The lowest BCUT2D eigenvalue weighted by Gasteiger charge is -2.29. The molecule has 2 heterocycles. The third-order valence-electron chi connectivity index (χ3n) is 4.78. The predicted octanol–water partition coefficient (Wildman–Crippen LogP) is 3.05.